The monoisotopic (exact) mass is 309 g/mol. The molecule has 1 N–H and O–H groups in total. The molecule has 7 heteroatoms. The van der Waals surface area contributed by atoms with Crippen LogP contribution in [0.4, 0.5) is 5.82 Å². The Kier molecular flexibility index (Phi) is 3.95. The molecule has 0 saturated heterocycles. The third-order valence-electron chi connectivity index (χ3n) is 3.22. The Balaban J connectivity index is 2.45. The molecule has 0 aliphatic rings. The lowest BCUT2D eigenvalue weighted by Gasteiger charge is -2.13. The van der Waals surface area contributed by atoms with Gasteiger partial charge in [-0.05, 0) is 44.0 Å². The van der Waals surface area contributed by atoms with Crippen molar-refractivity contribution in [3.8, 4) is 5.75 Å². The Bertz CT molecular complexity index is 779. The third kappa shape index (κ3) is 3.02. The zero-order valence-corrected chi connectivity index (χ0v) is 13.6. The zero-order chi connectivity index (χ0) is 15.8. The minimum Gasteiger partial charge on any atom is -0.496 e. The number of hydrogen-bond donors (Lipinski definition) is 1. The lowest BCUT2D eigenvalue weighted by molar-refractivity contribution is 0.411. The predicted molar refractivity (Wildman–Crippen MR) is 81.2 cm³/mol. The molecular formula is C14H19N3O3S. The summed E-state index contributed by atoms with van der Waals surface area (Å²) in [5, 5.41) is 4.13. The fraction of sp³-hybridized carbons (Fsp3) is 0.357. The van der Waals surface area contributed by atoms with Gasteiger partial charge >= 0.3 is 0 Å². The van der Waals surface area contributed by atoms with Crippen LogP contribution in [0.15, 0.2) is 23.1 Å². The van der Waals surface area contributed by atoms with E-state index in [2.05, 4.69) is 9.82 Å². The first-order valence-electron chi connectivity index (χ1n) is 6.43. The Morgan fingerprint density at radius 1 is 1.14 bits per heavy atom. The highest BCUT2D eigenvalue weighted by Gasteiger charge is 2.20. The molecule has 1 heterocycles. The van der Waals surface area contributed by atoms with E-state index in [1.165, 1.54) is 4.68 Å². The van der Waals surface area contributed by atoms with Crippen molar-refractivity contribution in [3.63, 3.8) is 0 Å². The van der Waals surface area contributed by atoms with Gasteiger partial charge in [-0.3, -0.25) is 9.40 Å². The number of nitrogens with one attached hydrogen (secondary N) is 1. The van der Waals surface area contributed by atoms with Crippen LogP contribution in [-0.2, 0) is 17.1 Å². The number of anilines is 1. The summed E-state index contributed by atoms with van der Waals surface area (Å²) in [6.45, 7) is 5.36. The van der Waals surface area contributed by atoms with Crippen LogP contribution in [-0.4, -0.2) is 25.3 Å². The second kappa shape index (κ2) is 5.40. The van der Waals surface area contributed by atoms with E-state index in [0.29, 0.717) is 17.1 Å². The van der Waals surface area contributed by atoms with Crippen LogP contribution in [0.25, 0.3) is 0 Å². The highest BCUT2D eigenvalue weighted by atomic mass is 32.2. The van der Waals surface area contributed by atoms with Crippen molar-refractivity contribution in [1.29, 1.82) is 0 Å². The standard InChI is InChI=1S/C14H19N3O3S/c1-9-7-13(10(2)6-12(9)20-5)21(18,19)16-14-8-11(3)15-17(14)4/h6-8,16H,1-5H3. The van der Waals surface area contributed by atoms with E-state index in [9.17, 15) is 8.42 Å². The van der Waals surface area contributed by atoms with E-state index in [4.69, 9.17) is 4.74 Å². The number of aryl methyl sites for hydroxylation is 4. The summed E-state index contributed by atoms with van der Waals surface area (Å²) in [6.07, 6.45) is 0. The Labute approximate surface area is 124 Å². The second-order valence-corrected chi connectivity index (χ2v) is 6.64. The highest BCUT2D eigenvalue weighted by Crippen LogP contribution is 2.27. The Morgan fingerprint density at radius 3 is 2.33 bits per heavy atom. The molecule has 2 aromatic rings. The van der Waals surface area contributed by atoms with Crippen LogP contribution < -0.4 is 9.46 Å². The van der Waals surface area contributed by atoms with Crippen LogP contribution in [0.2, 0.25) is 0 Å². The number of hydrogen-bond acceptors (Lipinski definition) is 4. The SMILES string of the molecule is COc1cc(C)c(S(=O)(=O)Nc2cc(C)nn2C)cc1C. The normalized spacial score (nSPS) is 11.5. The maximum absolute atomic E-state index is 12.5. The summed E-state index contributed by atoms with van der Waals surface area (Å²) in [7, 11) is -0.413. The first-order valence-corrected chi connectivity index (χ1v) is 7.91. The number of rotatable bonds is 4. The van der Waals surface area contributed by atoms with Gasteiger partial charge in [-0.25, -0.2) is 8.42 Å². The lowest BCUT2D eigenvalue weighted by atomic mass is 10.1. The molecular weight excluding hydrogens is 290 g/mol. The summed E-state index contributed by atoms with van der Waals surface area (Å²) in [5.41, 5.74) is 2.14. The first-order chi connectivity index (χ1) is 9.74. The topological polar surface area (TPSA) is 73.2 Å². The van der Waals surface area contributed by atoms with Crippen molar-refractivity contribution >= 4 is 15.8 Å². The molecule has 0 fully saturated rings. The number of benzene rings is 1. The van der Waals surface area contributed by atoms with Gasteiger partial charge < -0.3 is 4.74 Å². The summed E-state index contributed by atoms with van der Waals surface area (Å²) in [5.74, 6) is 1.10. The van der Waals surface area contributed by atoms with E-state index in [1.807, 2.05) is 6.92 Å². The average molecular weight is 309 g/mol. The highest BCUT2D eigenvalue weighted by molar-refractivity contribution is 7.92. The number of nitrogens with zero attached hydrogens (tertiary/aromatic N) is 2. The summed E-state index contributed by atoms with van der Waals surface area (Å²) < 4.78 is 34.3. The molecule has 0 spiro atoms. The number of sulfonamides is 1. The molecule has 0 atom stereocenters. The van der Waals surface area contributed by atoms with E-state index in [1.54, 1.807) is 46.2 Å². The van der Waals surface area contributed by atoms with Gasteiger partial charge in [-0.15, -0.1) is 0 Å². The van der Waals surface area contributed by atoms with Crippen LogP contribution >= 0.6 is 0 Å². The zero-order valence-electron chi connectivity index (χ0n) is 12.8. The van der Waals surface area contributed by atoms with Crippen molar-refractivity contribution in [2.75, 3.05) is 11.8 Å². The van der Waals surface area contributed by atoms with Gasteiger partial charge in [0.2, 0.25) is 0 Å². The Morgan fingerprint density at radius 2 is 1.81 bits per heavy atom. The van der Waals surface area contributed by atoms with Crippen molar-refractivity contribution in [1.82, 2.24) is 9.78 Å². The van der Waals surface area contributed by atoms with Gasteiger partial charge in [0.25, 0.3) is 10.0 Å². The second-order valence-electron chi connectivity index (χ2n) is 4.99. The average Bonchev–Trinajstić information content (AvgIpc) is 2.69. The molecule has 0 saturated carbocycles. The molecule has 0 unspecified atom stereocenters. The van der Waals surface area contributed by atoms with E-state index in [0.717, 1.165) is 11.3 Å². The molecule has 21 heavy (non-hydrogen) atoms. The first kappa shape index (κ1) is 15.4. The fourth-order valence-corrected chi connectivity index (χ4v) is 3.56. The smallest absolute Gasteiger partial charge is 0.263 e. The van der Waals surface area contributed by atoms with E-state index in [-0.39, 0.29) is 4.90 Å². The summed E-state index contributed by atoms with van der Waals surface area (Å²) >= 11 is 0. The fourth-order valence-electron chi connectivity index (χ4n) is 2.17. The third-order valence-corrected chi connectivity index (χ3v) is 4.72. The number of ether oxygens (including phenoxy) is 1. The van der Waals surface area contributed by atoms with E-state index >= 15 is 0 Å². The van der Waals surface area contributed by atoms with Crippen molar-refractivity contribution in [2.24, 2.45) is 7.05 Å². The maximum Gasteiger partial charge on any atom is 0.263 e. The van der Waals surface area contributed by atoms with Crippen LogP contribution in [0.1, 0.15) is 16.8 Å². The van der Waals surface area contributed by atoms with Gasteiger partial charge in [0, 0.05) is 13.1 Å². The largest absolute Gasteiger partial charge is 0.496 e. The lowest BCUT2D eigenvalue weighted by Crippen LogP contribution is -2.16. The number of aromatic nitrogens is 2. The summed E-state index contributed by atoms with van der Waals surface area (Å²) in [6, 6.07) is 5.02. The molecule has 1 aromatic heterocycles. The molecule has 6 nitrogen and oxygen atoms in total. The molecule has 1 aromatic carbocycles. The number of methoxy groups -OCH3 is 1. The van der Waals surface area contributed by atoms with Gasteiger partial charge in [-0.2, -0.15) is 5.10 Å². The molecule has 114 valence electrons. The van der Waals surface area contributed by atoms with Crippen LogP contribution in [0.5, 0.6) is 5.75 Å². The van der Waals surface area contributed by atoms with Gasteiger partial charge in [0.05, 0.1) is 17.7 Å². The molecule has 0 bridgehead atoms. The molecule has 0 aliphatic carbocycles. The van der Waals surface area contributed by atoms with E-state index < -0.39 is 10.0 Å². The molecule has 0 radical (unpaired) electrons. The molecule has 0 aliphatic heterocycles. The minimum atomic E-state index is -3.67. The molecule has 2 rings (SSSR count). The van der Waals surface area contributed by atoms with Crippen molar-refractivity contribution in [2.45, 2.75) is 25.7 Å². The van der Waals surface area contributed by atoms with Gasteiger partial charge in [0.15, 0.2) is 0 Å². The van der Waals surface area contributed by atoms with Crippen molar-refractivity contribution < 1.29 is 13.2 Å². The van der Waals surface area contributed by atoms with Gasteiger partial charge in [0.1, 0.15) is 11.6 Å². The Hall–Kier alpha value is -2.02. The van der Waals surface area contributed by atoms with Crippen LogP contribution in [0.3, 0.4) is 0 Å². The quantitative estimate of drug-likeness (QED) is 0.939. The summed E-state index contributed by atoms with van der Waals surface area (Å²) in [4.78, 5) is 0.236. The predicted octanol–water partition coefficient (Wildman–Crippen LogP) is 2.15. The minimum absolute atomic E-state index is 0.236. The maximum atomic E-state index is 12.5. The molecule has 0 amide bonds. The van der Waals surface area contributed by atoms with Crippen LogP contribution in [0, 0.1) is 20.8 Å². The van der Waals surface area contributed by atoms with Gasteiger partial charge in [-0.1, -0.05) is 0 Å². The van der Waals surface area contributed by atoms with Crippen molar-refractivity contribution in [3.05, 3.63) is 35.0 Å².